The van der Waals surface area contributed by atoms with Gasteiger partial charge in [-0.05, 0) is 44.9 Å². The van der Waals surface area contributed by atoms with Gasteiger partial charge in [0.05, 0.1) is 6.54 Å². The zero-order valence-electron chi connectivity index (χ0n) is 22.1. The van der Waals surface area contributed by atoms with Crippen LogP contribution in [0.1, 0.15) is 58.3 Å². The number of nitrogens with two attached hydrogens (primary N) is 2. The Balaban J connectivity index is 3.76. The van der Waals surface area contributed by atoms with Crippen LogP contribution in [0, 0.1) is 0 Å². The van der Waals surface area contributed by atoms with Crippen molar-refractivity contribution in [1.29, 1.82) is 0 Å². The molecule has 0 atom stereocenters. The second-order valence-corrected chi connectivity index (χ2v) is 7.90. The van der Waals surface area contributed by atoms with Gasteiger partial charge in [0, 0.05) is 20.5 Å². The first kappa shape index (κ1) is 32.4. The highest BCUT2D eigenvalue weighted by molar-refractivity contribution is 5.97. The average molecular weight is 501 g/mol. The maximum absolute atomic E-state index is 11.8. The van der Waals surface area contributed by atoms with Gasteiger partial charge in [0.25, 0.3) is 0 Å². The molecule has 0 spiro atoms. The lowest BCUT2D eigenvalue weighted by Gasteiger charge is -2.09. The van der Waals surface area contributed by atoms with Crippen LogP contribution >= 0.6 is 0 Å². The average Bonchev–Trinajstić information content (AvgIpc) is 2.83. The van der Waals surface area contributed by atoms with E-state index < -0.39 is 6.09 Å². The number of rotatable bonds is 16. The molecule has 0 fully saturated rings. The molecule has 5 N–H and O–H groups in total. The molecule has 0 aliphatic rings. The summed E-state index contributed by atoms with van der Waals surface area (Å²) in [5, 5.41) is 2.69. The van der Waals surface area contributed by atoms with E-state index in [1.54, 1.807) is 14.1 Å². The second-order valence-electron chi connectivity index (χ2n) is 7.90. The zero-order valence-corrected chi connectivity index (χ0v) is 22.1. The molecule has 0 aromatic heterocycles. The molecule has 0 bridgehead atoms. The predicted octanol–water partition coefficient (Wildman–Crippen LogP) is 4.35. The molecular formula is C27H44N6O3. The number of carbonyl (C=O) groups is 2. The molecule has 2 amide bonds. The number of nitrogens with one attached hydrogen (secondary N) is 1. The number of carbonyl (C=O) groups excluding carboxylic acids is 2. The lowest BCUT2D eigenvalue weighted by molar-refractivity contribution is -0.121. The Morgan fingerprint density at radius 1 is 0.833 bits per heavy atom. The van der Waals surface area contributed by atoms with Crippen molar-refractivity contribution in [2.75, 3.05) is 27.2 Å². The number of amides is 2. The van der Waals surface area contributed by atoms with Gasteiger partial charge in [-0.1, -0.05) is 67.7 Å². The Hall–Kier alpha value is -3.62. The van der Waals surface area contributed by atoms with E-state index in [2.05, 4.69) is 83.0 Å². The van der Waals surface area contributed by atoms with Crippen molar-refractivity contribution in [2.24, 2.45) is 21.5 Å². The van der Waals surface area contributed by atoms with E-state index in [4.69, 9.17) is 16.2 Å². The third kappa shape index (κ3) is 22.2. The first-order valence-corrected chi connectivity index (χ1v) is 12.4. The van der Waals surface area contributed by atoms with Crippen molar-refractivity contribution < 1.29 is 14.3 Å². The van der Waals surface area contributed by atoms with E-state index in [1.165, 1.54) is 4.90 Å². The summed E-state index contributed by atoms with van der Waals surface area (Å²) in [4.78, 5) is 32.1. The summed E-state index contributed by atoms with van der Waals surface area (Å²) in [7, 11) is 3.35. The van der Waals surface area contributed by atoms with E-state index in [9.17, 15) is 9.59 Å². The molecule has 36 heavy (non-hydrogen) atoms. The SMILES string of the molecule is CCC=CCC=CCC=CCC=CCC=CCCCC(=O)NCCOC(=O)N=C(N)N=C(N)N(C)C. The molecular weight excluding hydrogens is 456 g/mol. The Bertz CT molecular complexity index is 823. The van der Waals surface area contributed by atoms with Gasteiger partial charge in [-0.3, -0.25) is 4.79 Å². The number of hydrogen-bond donors (Lipinski definition) is 3. The Labute approximate surface area is 216 Å². The summed E-state index contributed by atoms with van der Waals surface area (Å²) in [6.45, 7) is 2.33. The molecule has 0 heterocycles. The van der Waals surface area contributed by atoms with E-state index in [1.807, 2.05) is 0 Å². The number of ether oxygens (including phenoxy) is 1. The van der Waals surface area contributed by atoms with Crippen molar-refractivity contribution in [3.05, 3.63) is 60.8 Å². The van der Waals surface area contributed by atoms with Crippen LogP contribution in [0.3, 0.4) is 0 Å². The Morgan fingerprint density at radius 3 is 1.89 bits per heavy atom. The minimum Gasteiger partial charge on any atom is -0.446 e. The molecule has 0 rings (SSSR count). The quantitative estimate of drug-likeness (QED) is 0.125. The largest absolute Gasteiger partial charge is 0.446 e. The van der Waals surface area contributed by atoms with Crippen molar-refractivity contribution in [3.8, 4) is 0 Å². The van der Waals surface area contributed by atoms with Gasteiger partial charge in [-0.15, -0.1) is 4.99 Å². The zero-order chi connectivity index (χ0) is 26.9. The fraction of sp³-hybridized carbons (Fsp3) is 0.481. The molecule has 9 nitrogen and oxygen atoms in total. The summed E-state index contributed by atoms with van der Waals surface area (Å²) in [5.74, 6) is -0.282. The third-order valence-corrected chi connectivity index (χ3v) is 4.48. The van der Waals surface area contributed by atoms with Crippen LogP contribution in [0.4, 0.5) is 4.79 Å². The molecule has 0 saturated heterocycles. The van der Waals surface area contributed by atoms with Crippen LogP contribution in [0.5, 0.6) is 0 Å². The summed E-state index contributed by atoms with van der Waals surface area (Å²) < 4.78 is 4.87. The highest BCUT2D eigenvalue weighted by Gasteiger charge is 2.04. The highest BCUT2D eigenvalue weighted by atomic mass is 16.5. The van der Waals surface area contributed by atoms with Gasteiger partial charge < -0.3 is 26.4 Å². The monoisotopic (exact) mass is 500 g/mol. The van der Waals surface area contributed by atoms with Gasteiger partial charge in [-0.2, -0.15) is 4.99 Å². The van der Waals surface area contributed by atoms with Crippen LogP contribution in [0.25, 0.3) is 0 Å². The van der Waals surface area contributed by atoms with Gasteiger partial charge in [0.2, 0.25) is 11.9 Å². The molecule has 0 saturated carbocycles. The fourth-order valence-corrected chi connectivity index (χ4v) is 2.53. The number of aliphatic imine (C=N–C) groups is 2. The minimum absolute atomic E-state index is 0.0109. The number of allylic oxidation sites excluding steroid dienone is 10. The normalized spacial score (nSPS) is 13.1. The van der Waals surface area contributed by atoms with E-state index in [0.29, 0.717) is 6.42 Å². The van der Waals surface area contributed by atoms with Crippen LogP contribution in [0.15, 0.2) is 70.7 Å². The molecule has 0 aliphatic carbocycles. The number of hydrogen-bond acceptors (Lipinski definition) is 3. The molecule has 0 aromatic rings. The Kier molecular flexibility index (Phi) is 20.8. The summed E-state index contributed by atoms with van der Waals surface area (Å²) >= 11 is 0. The molecule has 9 heteroatoms. The first-order valence-electron chi connectivity index (χ1n) is 12.4. The van der Waals surface area contributed by atoms with Crippen molar-refractivity contribution >= 4 is 23.9 Å². The van der Waals surface area contributed by atoms with E-state index in [-0.39, 0.29) is 31.0 Å². The number of nitrogens with zero attached hydrogens (tertiary/aromatic N) is 3. The summed E-state index contributed by atoms with van der Waals surface area (Å²) in [5.41, 5.74) is 11.1. The minimum atomic E-state index is -0.893. The summed E-state index contributed by atoms with van der Waals surface area (Å²) in [6.07, 6.45) is 27.6. The lowest BCUT2D eigenvalue weighted by Crippen LogP contribution is -2.32. The standard InChI is InChI=1S/C27H44N6O3/c1-4-5-6-7-8-9-10-11-12-13-14-15-16-17-18-19-20-21-24(34)30-22-23-36-27(35)32-25(28)31-26(29)33(2)3/h5-6,8-9,11-12,14-15,17-18H,4,7,10,13,16,19-23H2,1-3H3,(H,30,34)(H4,28,29,31,32,35). The fourth-order valence-electron chi connectivity index (χ4n) is 2.53. The molecule has 0 aromatic carbocycles. The second kappa shape index (κ2) is 23.1. The van der Waals surface area contributed by atoms with Gasteiger partial charge in [0.1, 0.15) is 6.61 Å². The number of guanidine groups is 2. The van der Waals surface area contributed by atoms with Gasteiger partial charge in [-0.25, -0.2) is 4.79 Å². The van der Waals surface area contributed by atoms with Crippen molar-refractivity contribution in [2.45, 2.75) is 58.3 Å². The van der Waals surface area contributed by atoms with Crippen LogP contribution in [-0.4, -0.2) is 56.1 Å². The van der Waals surface area contributed by atoms with Gasteiger partial charge >= 0.3 is 6.09 Å². The Morgan fingerprint density at radius 2 is 1.36 bits per heavy atom. The molecule has 0 radical (unpaired) electrons. The molecule has 0 aliphatic heterocycles. The molecule has 0 unspecified atom stereocenters. The van der Waals surface area contributed by atoms with E-state index >= 15 is 0 Å². The summed E-state index contributed by atoms with van der Waals surface area (Å²) in [6, 6.07) is 0. The van der Waals surface area contributed by atoms with Crippen molar-refractivity contribution in [3.63, 3.8) is 0 Å². The van der Waals surface area contributed by atoms with Crippen LogP contribution in [0.2, 0.25) is 0 Å². The maximum Gasteiger partial charge on any atom is 0.436 e. The topological polar surface area (TPSA) is 135 Å². The van der Waals surface area contributed by atoms with Gasteiger partial charge in [0.15, 0.2) is 5.96 Å². The van der Waals surface area contributed by atoms with Crippen LogP contribution < -0.4 is 16.8 Å². The maximum atomic E-state index is 11.8. The van der Waals surface area contributed by atoms with E-state index in [0.717, 1.165) is 44.9 Å². The smallest absolute Gasteiger partial charge is 0.436 e. The third-order valence-electron chi connectivity index (χ3n) is 4.48. The van der Waals surface area contributed by atoms with Crippen molar-refractivity contribution in [1.82, 2.24) is 10.2 Å². The number of unbranched alkanes of at least 4 members (excludes halogenated alkanes) is 1. The van der Waals surface area contributed by atoms with Crippen LogP contribution in [-0.2, 0) is 9.53 Å². The first-order chi connectivity index (χ1) is 17.4. The predicted molar refractivity (Wildman–Crippen MR) is 150 cm³/mol. The molecule has 200 valence electrons. The highest BCUT2D eigenvalue weighted by Crippen LogP contribution is 1.99. The lowest BCUT2D eigenvalue weighted by atomic mass is 10.2.